The number of carbonyl (C=O) groups excluding carboxylic acids is 2. The highest BCUT2D eigenvalue weighted by atomic mass is 28.4. The Morgan fingerprint density at radius 3 is 2.33 bits per heavy atom. The molecule has 27 heavy (non-hydrogen) atoms. The predicted octanol–water partition coefficient (Wildman–Crippen LogP) is 5.63. The molecule has 154 valence electrons. The van der Waals surface area contributed by atoms with Gasteiger partial charge >= 0.3 is 0 Å². The van der Waals surface area contributed by atoms with Crippen molar-refractivity contribution in [3.63, 3.8) is 0 Å². The molecule has 0 spiro atoms. The summed E-state index contributed by atoms with van der Waals surface area (Å²) in [6, 6.07) is 0. The second kappa shape index (κ2) is 7.40. The fourth-order valence-electron chi connectivity index (χ4n) is 6.49. The molecule has 3 rings (SSSR count). The van der Waals surface area contributed by atoms with Crippen LogP contribution in [-0.2, 0) is 14.0 Å². The molecule has 0 radical (unpaired) electrons. The molecule has 7 atom stereocenters. The highest BCUT2D eigenvalue weighted by Gasteiger charge is 2.58. The van der Waals surface area contributed by atoms with Crippen LogP contribution in [-0.4, -0.2) is 27.0 Å². The van der Waals surface area contributed by atoms with Gasteiger partial charge in [0.25, 0.3) is 0 Å². The van der Waals surface area contributed by atoms with Gasteiger partial charge in [0.05, 0.1) is 6.10 Å². The van der Waals surface area contributed by atoms with Crippen LogP contribution in [0, 0.1) is 35.0 Å². The summed E-state index contributed by atoms with van der Waals surface area (Å²) in [5.41, 5.74) is 0.274. The first kappa shape index (κ1) is 21.2. The molecule has 0 bridgehead atoms. The molecule has 1 unspecified atom stereocenters. The van der Waals surface area contributed by atoms with Crippen molar-refractivity contribution in [2.75, 3.05) is 0 Å². The topological polar surface area (TPSA) is 43.4 Å². The van der Waals surface area contributed by atoms with Gasteiger partial charge in [-0.15, -0.1) is 0 Å². The van der Waals surface area contributed by atoms with E-state index in [1.807, 2.05) is 0 Å². The maximum absolute atomic E-state index is 11.6. The highest BCUT2D eigenvalue weighted by Crippen LogP contribution is 2.62. The van der Waals surface area contributed by atoms with E-state index >= 15 is 0 Å². The summed E-state index contributed by atoms with van der Waals surface area (Å²) in [6.45, 7) is 14.2. The lowest BCUT2D eigenvalue weighted by molar-refractivity contribution is -0.122. The smallest absolute Gasteiger partial charge is 0.192 e. The second-order valence-corrected chi connectivity index (χ2v) is 16.1. The van der Waals surface area contributed by atoms with E-state index in [2.05, 4.69) is 40.8 Å². The molecule has 0 aliphatic heterocycles. The molecule has 3 saturated carbocycles. The minimum absolute atomic E-state index is 0.0986. The molecule has 0 aromatic carbocycles. The molecule has 4 heteroatoms. The van der Waals surface area contributed by atoms with E-state index < -0.39 is 8.32 Å². The fraction of sp³-hybridized carbons (Fsp3) is 0.913. The number of aldehydes is 2. The maximum atomic E-state index is 11.6. The van der Waals surface area contributed by atoms with Crippen molar-refractivity contribution < 1.29 is 14.0 Å². The van der Waals surface area contributed by atoms with E-state index in [0.717, 1.165) is 31.8 Å². The zero-order valence-corrected chi connectivity index (χ0v) is 19.3. The molecule has 0 aromatic rings. The monoisotopic (exact) mass is 392 g/mol. The highest BCUT2D eigenvalue weighted by molar-refractivity contribution is 6.74. The molecular formula is C23H40O3Si. The van der Waals surface area contributed by atoms with Gasteiger partial charge in [0, 0.05) is 12.3 Å². The summed E-state index contributed by atoms with van der Waals surface area (Å²) in [4.78, 5) is 22.9. The lowest BCUT2D eigenvalue weighted by atomic mass is 9.52. The number of rotatable bonds is 5. The minimum Gasteiger partial charge on any atom is -0.413 e. The molecule has 3 fully saturated rings. The Hall–Kier alpha value is -0.483. The lowest BCUT2D eigenvalue weighted by Gasteiger charge is -2.54. The van der Waals surface area contributed by atoms with Gasteiger partial charge in [-0.1, -0.05) is 27.7 Å². The Kier molecular flexibility index (Phi) is 5.82. The molecule has 3 nitrogen and oxygen atoms in total. The summed E-state index contributed by atoms with van der Waals surface area (Å²) < 4.78 is 6.96. The quantitative estimate of drug-likeness (QED) is 0.449. The molecule has 0 N–H and O–H groups in total. The Balaban J connectivity index is 1.80. The SMILES string of the molecule is CC(C)(C)[Si](C)(C)O[C@H]1CC[C@H]2[C@@H]3CCC(C=O)[C@H](CC=O)[C@H]3CC[C@]12C. The van der Waals surface area contributed by atoms with Crippen molar-refractivity contribution in [1.82, 2.24) is 0 Å². The number of carbonyl (C=O) groups is 2. The molecule has 0 amide bonds. The van der Waals surface area contributed by atoms with E-state index in [0.29, 0.717) is 30.3 Å². The van der Waals surface area contributed by atoms with Gasteiger partial charge in [0.15, 0.2) is 8.32 Å². The third kappa shape index (κ3) is 3.61. The van der Waals surface area contributed by atoms with Crippen LogP contribution in [0.4, 0.5) is 0 Å². The summed E-state index contributed by atoms with van der Waals surface area (Å²) >= 11 is 0. The van der Waals surface area contributed by atoms with Gasteiger partial charge in [0.1, 0.15) is 12.6 Å². The van der Waals surface area contributed by atoms with Gasteiger partial charge < -0.3 is 14.0 Å². The van der Waals surface area contributed by atoms with Crippen LogP contribution in [0.25, 0.3) is 0 Å². The van der Waals surface area contributed by atoms with Crippen LogP contribution in [0.1, 0.15) is 72.6 Å². The van der Waals surface area contributed by atoms with E-state index in [-0.39, 0.29) is 22.3 Å². The van der Waals surface area contributed by atoms with Crippen molar-refractivity contribution in [2.45, 2.75) is 96.9 Å². The number of hydrogen-bond donors (Lipinski definition) is 0. The zero-order chi connectivity index (χ0) is 20.0. The lowest BCUT2D eigenvalue weighted by Crippen LogP contribution is -2.52. The zero-order valence-electron chi connectivity index (χ0n) is 18.3. The first-order valence-corrected chi connectivity index (χ1v) is 14.0. The molecule has 0 heterocycles. The Morgan fingerprint density at radius 2 is 1.74 bits per heavy atom. The summed E-state index contributed by atoms with van der Waals surface area (Å²) in [7, 11) is -1.77. The summed E-state index contributed by atoms with van der Waals surface area (Å²) in [6.07, 6.45) is 10.1. The normalized spacial score (nSPS) is 42.3. The fourth-order valence-corrected chi connectivity index (χ4v) is 7.94. The van der Waals surface area contributed by atoms with Gasteiger partial charge in [-0.2, -0.15) is 0 Å². The minimum atomic E-state index is -1.77. The predicted molar refractivity (Wildman–Crippen MR) is 112 cm³/mol. The van der Waals surface area contributed by atoms with Crippen LogP contribution >= 0.6 is 0 Å². The van der Waals surface area contributed by atoms with Gasteiger partial charge in [-0.05, 0) is 85.7 Å². The van der Waals surface area contributed by atoms with Crippen molar-refractivity contribution in [1.29, 1.82) is 0 Å². The Morgan fingerprint density at radius 1 is 1.04 bits per heavy atom. The van der Waals surface area contributed by atoms with E-state index in [1.54, 1.807) is 0 Å². The first-order chi connectivity index (χ1) is 12.5. The second-order valence-electron chi connectivity index (χ2n) is 11.4. The molecule has 3 aliphatic rings. The Labute approximate surface area is 167 Å². The van der Waals surface area contributed by atoms with E-state index in [9.17, 15) is 9.59 Å². The summed E-state index contributed by atoms with van der Waals surface area (Å²) in [5, 5.41) is 0.246. The third-order valence-corrected chi connectivity index (χ3v) is 13.6. The molecule has 0 saturated heterocycles. The number of fused-ring (bicyclic) bond motifs is 3. The maximum Gasteiger partial charge on any atom is 0.192 e. The van der Waals surface area contributed by atoms with Crippen molar-refractivity contribution in [3.05, 3.63) is 0 Å². The van der Waals surface area contributed by atoms with Crippen molar-refractivity contribution in [3.8, 4) is 0 Å². The molecule has 3 aliphatic carbocycles. The van der Waals surface area contributed by atoms with Crippen molar-refractivity contribution >= 4 is 20.9 Å². The molecule has 0 aromatic heterocycles. The molecular weight excluding hydrogens is 352 g/mol. The summed E-state index contributed by atoms with van der Waals surface area (Å²) in [5.74, 6) is 2.32. The van der Waals surface area contributed by atoms with E-state index in [1.165, 1.54) is 19.3 Å². The standard InChI is InChI=1S/C23H40O3Si/c1-22(2,3)27(5,6)26-21-10-9-20-19-8-7-16(15-25)17(12-14-24)18(19)11-13-23(20,21)4/h14-21H,7-13H2,1-6H3/t16?,17-,18+,19+,20-,21-,23-/m0/s1. The van der Waals surface area contributed by atoms with Crippen molar-refractivity contribution in [2.24, 2.45) is 35.0 Å². The first-order valence-electron chi connectivity index (χ1n) is 11.1. The van der Waals surface area contributed by atoms with Crippen LogP contribution in [0.15, 0.2) is 0 Å². The largest absolute Gasteiger partial charge is 0.413 e. The van der Waals surface area contributed by atoms with Crippen LogP contribution in [0.5, 0.6) is 0 Å². The van der Waals surface area contributed by atoms with E-state index in [4.69, 9.17) is 4.43 Å². The van der Waals surface area contributed by atoms with Gasteiger partial charge in [-0.25, -0.2) is 0 Å². The Bertz CT molecular complexity index is 566. The number of hydrogen-bond acceptors (Lipinski definition) is 3. The van der Waals surface area contributed by atoms with Crippen LogP contribution in [0.2, 0.25) is 18.1 Å². The average molecular weight is 393 g/mol. The third-order valence-electron chi connectivity index (χ3n) is 9.13. The van der Waals surface area contributed by atoms with Crippen LogP contribution < -0.4 is 0 Å². The van der Waals surface area contributed by atoms with Crippen LogP contribution in [0.3, 0.4) is 0 Å². The average Bonchev–Trinajstić information content (AvgIpc) is 2.90. The van der Waals surface area contributed by atoms with Gasteiger partial charge in [0.2, 0.25) is 0 Å². The van der Waals surface area contributed by atoms with Gasteiger partial charge in [-0.3, -0.25) is 0 Å².